The van der Waals surface area contributed by atoms with Gasteiger partial charge in [-0.2, -0.15) is 5.26 Å². The first-order valence-corrected chi connectivity index (χ1v) is 4.65. The number of rotatable bonds is 1. The van der Waals surface area contributed by atoms with E-state index in [1.165, 1.54) is 0 Å². The minimum Gasteiger partial charge on any atom is -0.287 e. The van der Waals surface area contributed by atoms with Gasteiger partial charge in [0.15, 0.2) is 0 Å². The highest BCUT2D eigenvalue weighted by Crippen LogP contribution is 2.18. The van der Waals surface area contributed by atoms with E-state index >= 15 is 0 Å². The molecule has 2 aromatic rings. The first-order chi connectivity index (χ1) is 6.81. The number of nitriles is 1. The van der Waals surface area contributed by atoms with Crippen molar-refractivity contribution in [3.8, 4) is 11.8 Å². The topological polar surface area (TPSA) is 54.5 Å². The molecule has 0 fully saturated rings. The third-order valence-electron chi connectivity index (χ3n) is 1.78. The molecule has 0 aliphatic rings. The van der Waals surface area contributed by atoms with E-state index in [4.69, 9.17) is 5.26 Å². The monoisotopic (exact) mass is 248 g/mol. The van der Waals surface area contributed by atoms with Crippen LogP contribution in [-0.4, -0.2) is 14.8 Å². The van der Waals surface area contributed by atoms with Gasteiger partial charge in [0.05, 0.1) is 11.3 Å². The van der Waals surface area contributed by atoms with Gasteiger partial charge in [-0.1, -0.05) is 15.9 Å². The Labute approximate surface area is 88.9 Å². The van der Waals surface area contributed by atoms with Crippen LogP contribution in [-0.2, 0) is 0 Å². The fourth-order valence-corrected chi connectivity index (χ4v) is 1.51. The van der Waals surface area contributed by atoms with Gasteiger partial charge in [0.2, 0.25) is 0 Å². The first-order valence-electron chi connectivity index (χ1n) is 3.86. The molecule has 0 N–H and O–H groups in total. The maximum absolute atomic E-state index is 8.92. The molecule has 0 atom stereocenters. The van der Waals surface area contributed by atoms with Crippen LogP contribution < -0.4 is 0 Å². The Morgan fingerprint density at radius 1 is 1.29 bits per heavy atom. The summed E-state index contributed by atoms with van der Waals surface area (Å²) in [4.78, 5) is 0. The zero-order chi connectivity index (χ0) is 9.97. The maximum atomic E-state index is 8.92. The highest BCUT2D eigenvalue weighted by atomic mass is 79.9. The van der Waals surface area contributed by atoms with Crippen LogP contribution in [0, 0.1) is 11.3 Å². The number of benzene rings is 1. The summed E-state index contributed by atoms with van der Waals surface area (Å²) >= 11 is 3.31. The molecule has 0 amide bonds. The summed E-state index contributed by atoms with van der Waals surface area (Å²) in [6.45, 7) is 0. The molecule has 4 nitrogen and oxygen atoms in total. The number of hydrogen-bond acceptors (Lipinski definition) is 3. The van der Waals surface area contributed by atoms with Gasteiger partial charge in [0, 0.05) is 4.47 Å². The molecule has 68 valence electrons. The summed E-state index contributed by atoms with van der Waals surface area (Å²) in [5.41, 5.74) is 1.36. The van der Waals surface area contributed by atoms with Crippen molar-refractivity contribution in [2.45, 2.75) is 0 Å². The minimum absolute atomic E-state index is 0.583. The Balaban J connectivity index is 2.60. The molecule has 0 aliphatic carbocycles. The van der Waals surface area contributed by atoms with Crippen molar-refractivity contribution in [2.75, 3.05) is 0 Å². The van der Waals surface area contributed by atoms with Crippen LogP contribution in [0.4, 0.5) is 0 Å². The number of hydrogen-bond donors (Lipinski definition) is 0. The fourth-order valence-electron chi connectivity index (χ4n) is 1.15. The van der Waals surface area contributed by atoms with Gasteiger partial charge in [0.25, 0.3) is 0 Å². The lowest BCUT2D eigenvalue weighted by atomic mass is 10.2. The highest BCUT2D eigenvalue weighted by Gasteiger charge is 2.04. The molecule has 0 spiro atoms. The number of nitrogens with zero attached hydrogens (tertiary/aromatic N) is 4. The van der Waals surface area contributed by atoms with Crippen molar-refractivity contribution in [1.82, 2.24) is 14.8 Å². The van der Waals surface area contributed by atoms with Crippen LogP contribution in [0.15, 0.2) is 35.3 Å². The number of halogens is 1. The summed E-state index contributed by atoms with van der Waals surface area (Å²) < 4.78 is 2.58. The van der Waals surface area contributed by atoms with Gasteiger partial charge in [0.1, 0.15) is 18.7 Å². The van der Waals surface area contributed by atoms with E-state index < -0.39 is 0 Å². The van der Waals surface area contributed by atoms with Crippen molar-refractivity contribution >= 4 is 15.9 Å². The van der Waals surface area contributed by atoms with Crippen LogP contribution in [0.25, 0.3) is 5.69 Å². The normalized spacial score (nSPS) is 9.71. The van der Waals surface area contributed by atoms with Crippen molar-refractivity contribution in [3.63, 3.8) is 0 Å². The Bertz CT molecular complexity index is 484. The van der Waals surface area contributed by atoms with Gasteiger partial charge in [-0.25, -0.2) is 0 Å². The molecule has 1 aromatic heterocycles. The molecule has 2 rings (SSSR count). The summed E-state index contributed by atoms with van der Waals surface area (Å²) in [5.74, 6) is 0. The second-order valence-corrected chi connectivity index (χ2v) is 3.56. The van der Waals surface area contributed by atoms with Gasteiger partial charge in [-0.15, -0.1) is 10.2 Å². The predicted octanol–water partition coefficient (Wildman–Crippen LogP) is 1.90. The molecule has 1 aromatic carbocycles. The summed E-state index contributed by atoms with van der Waals surface area (Å²) in [6, 6.07) is 7.59. The van der Waals surface area contributed by atoms with Gasteiger partial charge in [-0.05, 0) is 18.2 Å². The van der Waals surface area contributed by atoms with Crippen LogP contribution in [0.3, 0.4) is 0 Å². The lowest BCUT2D eigenvalue weighted by Gasteiger charge is -2.03. The Morgan fingerprint density at radius 2 is 2.00 bits per heavy atom. The minimum atomic E-state index is 0.583. The van der Waals surface area contributed by atoms with E-state index in [1.807, 2.05) is 12.1 Å². The van der Waals surface area contributed by atoms with Crippen molar-refractivity contribution in [2.24, 2.45) is 0 Å². The third kappa shape index (κ3) is 1.52. The average Bonchev–Trinajstić information content (AvgIpc) is 2.70. The predicted molar refractivity (Wildman–Crippen MR) is 53.8 cm³/mol. The summed E-state index contributed by atoms with van der Waals surface area (Å²) in [5, 5.41) is 16.3. The van der Waals surface area contributed by atoms with Crippen LogP contribution >= 0.6 is 15.9 Å². The van der Waals surface area contributed by atoms with E-state index in [9.17, 15) is 0 Å². The maximum Gasteiger partial charge on any atom is 0.123 e. The number of aromatic nitrogens is 3. The molecular formula is C9H5BrN4. The third-order valence-corrected chi connectivity index (χ3v) is 2.27. The quantitative estimate of drug-likeness (QED) is 0.775. The Hall–Kier alpha value is -1.67. The van der Waals surface area contributed by atoms with Crippen LogP contribution in [0.2, 0.25) is 0 Å². The molecular weight excluding hydrogens is 244 g/mol. The van der Waals surface area contributed by atoms with Crippen molar-refractivity contribution < 1.29 is 0 Å². The molecule has 0 saturated heterocycles. The van der Waals surface area contributed by atoms with E-state index in [2.05, 4.69) is 32.2 Å². The summed E-state index contributed by atoms with van der Waals surface area (Å²) in [6.07, 6.45) is 3.12. The van der Waals surface area contributed by atoms with E-state index in [1.54, 1.807) is 23.3 Å². The Kier molecular flexibility index (Phi) is 2.29. The largest absolute Gasteiger partial charge is 0.287 e. The lowest BCUT2D eigenvalue weighted by Crippen LogP contribution is -1.93. The molecule has 14 heavy (non-hydrogen) atoms. The zero-order valence-electron chi connectivity index (χ0n) is 7.05. The van der Waals surface area contributed by atoms with Crippen LogP contribution in [0.5, 0.6) is 0 Å². The first kappa shape index (κ1) is 8.91. The Morgan fingerprint density at radius 3 is 2.64 bits per heavy atom. The molecule has 0 bridgehead atoms. The zero-order valence-corrected chi connectivity index (χ0v) is 8.64. The molecule has 0 aliphatic heterocycles. The SMILES string of the molecule is N#Cc1cc(Br)ccc1-n1cnnc1. The second kappa shape index (κ2) is 3.60. The molecule has 5 heteroatoms. The van der Waals surface area contributed by atoms with Gasteiger partial charge < -0.3 is 0 Å². The average molecular weight is 249 g/mol. The van der Waals surface area contributed by atoms with Crippen molar-refractivity contribution in [3.05, 3.63) is 40.9 Å². The molecule has 1 heterocycles. The van der Waals surface area contributed by atoms with E-state index in [-0.39, 0.29) is 0 Å². The van der Waals surface area contributed by atoms with E-state index in [0.717, 1.165) is 10.2 Å². The van der Waals surface area contributed by atoms with Crippen LogP contribution in [0.1, 0.15) is 5.56 Å². The molecule has 0 saturated carbocycles. The molecule has 0 radical (unpaired) electrons. The second-order valence-electron chi connectivity index (χ2n) is 2.64. The van der Waals surface area contributed by atoms with Crippen molar-refractivity contribution in [1.29, 1.82) is 5.26 Å². The molecule has 0 unspecified atom stereocenters. The smallest absolute Gasteiger partial charge is 0.123 e. The lowest BCUT2D eigenvalue weighted by molar-refractivity contribution is 1.05. The van der Waals surface area contributed by atoms with E-state index in [0.29, 0.717) is 5.56 Å². The highest BCUT2D eigenvalue weighted by molar-refractivity contribution is 9.10. The standard InChI is InChI=1S/C9H5BrN4/c10-8-1-2-9(7(3-8)4-11)14-5-12-13-6-14/h1-3,5-6H. The van der Waals surface area contributed by atoms with Gasteiger partial charge in [-0.3, -0.25) is 4.57 Å². The van der Waals surface area contributed by atoms with Gasteiger partial charge >= 0.3 is 0 Å². The fraction of sp³-hybridized carbons (Fsp3) is 0. The summed E-state index contributed by atoms with van der Waals surface area (Å²) in [7, 11) is 0.